The summed E-state index contributed by atoms with van der Waals surface area (Å²) in [6.45, 7) is 2.10. The molecule has 0 spiro atoms. The molecule has 0 aliphatic rings. The Bertz CT molecular complexity index is 2020. The summed E-state index contributed by atoms with van der Waals surface area (Å²) in [5.74, 6) is 0.741. The van der Waals surface area contributed by atoms with E-state index in [0.29, 0.717) is 0 Å². The number of methoxy groups -OCH3 is 1. The molecule has 7 aromatic carbocycles. The highest BCUT2D eigenvalue weighted by Crippen LogP contribution is 2.38. The molecule has 0 saturated heterocycles. The van der Waals surface area contributed by atoms with Crippen LogP contribution in [0.5, 0.6) is 5.75 Å². The Hall–Kier alpha value is -5.46. The van der Waals surface area contributed by atoms with Gasteiger partial charge in [-0.3, -0.25) is 9.98 Å². The number of benzene rings is 7. The van der Waals surface area contributed by atoms with E-state index in [4.69, 9.17) is 14.7 Å². The largest absolute Gasteiger partial charge is 0.495 e. The van der Waals surface area contributed by atoms with E-state index in [1.54, 1.807) is 7.11 Å². The lowest BCUT2D eigenvalue weighted by atomic mass is 10.1. The predicted molar refractivity (Wildman–Crippen MR) is 223 cm³/mol. The molecule has 0 saturated carbocycles. The molecule has 248 valence electrons. The van der Waals surface area contributed by atoms with Crippen molar-refractivity contribution in [2.24, 2.45) is 9.98 Å². The van der Waals surface area contributed by atoms with Crippen LogP contribution < -0.4 is 36.6 Å². The van der Waals surface area contributed by atoms with Crippen molar-refractivity contribution in [2.75, 3.05) is 7.11 Å². The van der Waals surface area contributed by atoms with Gasteiger partial charge in [0, 0.05) is 34.2 Å². The minimum Gasteiger partial charge on any atom is -0.495 e. The van der Waals surface area contributed by atoms with Crippen LogP contribution in [0.1, 0.15) is 16.7 Å². The fourth-order valence-electron chi connectivity index (χ4n) is 6.22. The molecular formula is C46H38N2OP2. The molecule has 0 aliphatic heterocycles. The molecule has 0 aliphatic carbocycles. The molecule has 0 bridgehead atoms. The van der Waals surface area contributed by atoms with Gasteiger partial charge in [-0.1, -0.05) is 158 Å². The summed E-state index contributed by atoms with van der Waals surface area (Å²) >= 11 is 0. The first-order chi connectivity index (χ1) is 25.2. The van der Waals surface area contributed by atoms with Gasteiger partial charge in [-0.25, -0.2) is 0 Å². The Kier molecular flexibility index (Phi) is 11.0. The number of aryl methyl sites for hydroxylation is 1. The van der Waals surface area contributed by atoms with Crippen molar-refractivity contribution in [2.45, 2.75) is 6.92 Å². The summed E-state index contributed by atoms with van der Waals surface area (Å²) in [7, 11) is 0.0982. The quantitative estimate of drug-likeness (QED) is 0.0982. The first-order valence-electron chi connectivity index (χ1n) is 16.9. The van der Waals surface area contributed by atoms with Gasteiger partial charge in [0.25, 0.3) is 0 Å². The van der Waals surface area contributed by atoms with Gasteiger partial charge in [-0.2, -0.15) is 0 Å². The van der Waals surface area contributed by atoms with Gasteiger partial charge in [0.1, 0.15) is 5.75 Å². The van der Waals surface area contributed by atoms with Crippen LogP contribution in [-0.2, 0) is 0 Å². The molecule has 0 radical (unpaired) electrons. The van der Waals surface area contributed by atoms with Gasteiger partial charge >= 0.3 is 0 Å². The number of rotatable bonds is 11. The van der Waals surface area contributed by atoms with E-state index in [0.717, 1.165) is 33.8 Å². The average Bonchev–Trinajstić information content (AvgIpc) is 3.19. The molecule has 7 aromatic rings. The highest BCUT2D eigenvalue weighted by Gasteiger charge is 2.21. The van der Waals surface area contributed by atoms with E-state index in [9.17, 15) is 0 Å². The van der Waals surface area contributed by atoms with Crippen molar-refractivity contribution in [3.05, 3.63) is 199 Å². The molecule has 0 atom stereocenters. The fourth-order valence-corrected chi connectivity index (χ4v) is 11.0. The lowest BCUT2D eigenvalue weighted by molar-refractivity contribution is 0.413. The standard InChI is InChI=1S/C46H38N2OP2/c1-35-31-36(33-47-42-27-15-17-29-44(42)50(38-19-7-3-8-20-38)39-21-9-4-10-22-39)46(49-2)37(32-35)34-48-43-28-16-18-30-45(43)51(40-23-11-5-12-24-40)41-25-13-6-14-26-41/h3-34H,1-2H3. The number of para-hydroxylation sites is 2. The van der Waals surface area contributed by atoms with Crippen LogP contribution >= 0.6 is 15.8 Å². The topological polar surface area (TPSA) is 34.0 Å². The van der Waals surface area contributed by atoms with E-state index in [2.05, 4.69) is 189 Å². The SMILES string of the molecule is COc1c(C=Nc2ccccc2P(c2ccccc2)c2ccccc2)cc(C)cc1C=Nc1ccccc1P(c1ccccc1)c1ccccc1. The van der Waals surface area contributed by atoms with Crippen LogP contribution in [-0.4, -0.2) is 19.5 Å². The maximum atomic E-state index is 6.07. The van der Waals surface area contributed by atoms with Gasteiger partial charge in [0.2, 0.25) is 0 Å². The second-order valence-corrected chi connectivity index (χ2v) is 16.4. The number of nitrogens with zero attached hydrogens (tertiary/aromatic N) is 2. The molecule has 3 nitrogen and oxygen atoms in total. The Morgan fingerprint density at radius 1 is 0.431 bits per heavy atom. The van der Waals surface area contributed by atoms with Crippen LogP contribution in [0.15, 0.2) is 192 Å². The van der Waals surface area contributed by atoms with Crippen molar-refractivity contribution in [1.29, 1.82) is 0 Å². The van der Waals surface area contributed by atoms with Crippen molar-refractivity contribution >= 4 is 71.5 Å². The maximum absolute atomic E-state index is 6.07. The summed E-state index contributed by atoms with van der Waals surface area (Å²) in [4.78, 5) is 10.3. The third kappa shape index (κ3) is 7.97. The molecule has 0 fully saturated rings. The minimum atomic E-state index is -0.810. The summed E-state index contributed by atoms with van der Waals surface area (Å²) in [5.41, 5.74) is 4.80. The molecule has 0 unspecified atom stereocenters. The molecule has 0 heterocycles. The van der Waals surface area contributed by atoms with Gasteiger partial charge in [-0.05, 0) is 73.8 Å². The second kappa shape index (κ2) is 16.5. The zero-order chi connectivity index (χ0) is 34.8. The van der Waals surface area contributed by atoms with Crippen molar-refractivity contribution in [3.63, 3.8) is 0 Å². The fraction of sp³-hybridized carbons (Fsp3) is 0.0435. The summed E-state index contributed by atoms with van der Waals surface area (Å²) < 4.78 is 6.07. The maximum Gasteiger partial charge on any atom is 0.136 e. The molecule has 0 amide bonds. The number of hydrogen-bond acceptors (Lipinski definition) is 3. The van der Waals surface area contributed by atoms with Crippen LogP contribution in [0, 0.1) is 6.92 Å². The molecular weight excluding hydrogens is 658 g/mol. The van der Waals surface area contributed by atoms with Crippen molar-refractivity contribution < 1.29 is 4.74 Å². The third-order valence-electron chi connectivity index (χ3n) is 8.48. The molecule has 0 aromatic heterocycles. The number of aliphatic imine (C=N–C) groups is 2. The molecule has 5 heteroatoms. The molecule has 7 rings (SSSR count). The van der Waals surface area contributed by atoms with E-state index < -0.39 is 15.8 Å². The highest BCUT2D eigenvalue weighted by molar-refractivity contribution is 7.80. The Morgan fingerprint density at radius 2 is 0.745 bits per heavy atom. The smallest absolute Gasteiger partial charge is 0.136 e. The lowest BCUT2D eigenvalue weighted by Crippen LogP contribution is -2.20. The van der Waals surface area contributed by atoms with Gasteiger partial charge in [0.05, 0.1) is 18.5 Å². The predicted octanol–water partition coefficient (Wildman–Crippen LogP) is 9.02. The van der Waals surface area contributed by atoms with Gasteiger partial charge in [-0.15, -0.1) is 0 Å². The lowest BCUT2D eigenvalue weighted by Gasteiger charge is -2.21. The number of ether oxygens (including phenoxy) is 1. The summed E-state index contributed by atoms with van der Waals surface area (Å²) in [6, 6.07) is 64.1. The van der Waals surface area contributed by atoms with Crippen molar-refractivity contribution in [1.82, 2.24) is 0 Å². The van der Waals surface area contributed by atoms with Crippen molar-refractivity contribution in [3.8, 4) is 5.75 Å². The van der Waals surface area contributed by atoms with E-state index >= 15 is 0 Å². The molecule has 51 heavy (non-hydrogen) atoms. The average molecular weight is 697 g/mol. The molecule has 0 N–H and O–H groups in total. The Labute approximate surface area is 303 Å². The van der Waals surface area contributed by atoms with Gasteiger partial charge < -0.3 is 4.74 Å². The Morgan fingerprint density at radius 3 is 1.08 bits per heavy atom. The zero-order valence-electron chi connectivity index (χ0n) is 28.7. The van der Waals surface area contributed by atoms with Crippen LogP contribution in [0.2, 0.25) is 0 Å². The minimum absolute atomic E-state index is 0.741. The highest BCUT2D eigenvalue weighted by atomic mass is 31.1. The zero-order valence-corrected chi connectivity index (χ0v) is 30.5. The number of hydrogen-bond donors (Lipinski definition) is 0. The third-order valence-corrected chi connectivity index (χ3v) is 13.5. The van der Waals surface area contributed by atoms with E-state index in [-0.39, 0.29) is 0 Å². The first-order valence-corrected chi connectivity index (χ1v) is 19.6. The summed E-state index contributed by atoms with van der Waals surface area (Å²) in [6.07, 6.45) is 3.87. The van der Waals surface area contributed by atoms with E-state index in [1.165, 1.54) is 31.8 Å². The van der Waals surface area contributed by atoms with Crippen LogP contribution in [0.4, 0.5) is 11.4 Å². The van der Waals surface area contributed by atoms with Crippen LogP contribution in [0.25, 0.3) is 0 Å². The van der Waals surface area contributed by atoms with E-state index in [1.807, 2.05) is 12.4 Å². The Balaban J connectivity index is 1.26. The van der Waals surface area contributed by atoms with Gasteiger partial charge in [0.15, 0.2) is 0 Å². The summed E-state index contributed by atoms with van der Waals surface area (Å²) in [5, 5.41) is 7.57. The van der Waals surface area contributed by atoms with Crippen LogP contribution in [0.3, 0.4) is 0 Å². The monoisotopic (exact) mass is 696 g/mol. The normalized spacial score (nSPS) is 11.5. The second-order valence-electron chi connectivity index (χ2n) is 12.0. The first kappa shape index (κ1) is 34.0.